The Morgan fingerprint density at radius 2 is 1.31 bits per heavy atom. The van der Waals surface area contributed by atoms with Crippen LogP contribution in [0, 0.1) is 5.41 Å². The number of anilines is 2. The van der Waals surface area contributed by atoms with Crippen molar-refractivity contribution in [2.45, 2.75) is 26.9 Å². The topological polar surface area (TPSA) is 95.5 Å². The molecule has 6 heteroatoms. The Morgan fingerprint density at radius 1 is 0.750 bits per heavy atom. The predicted octanol–water partition coefficient (Wildman–Crippen LogP) is 4.84. The van der Waals surface area contributed by atoms with Crippen LogP contribution in [-0.2, 0) is 4.79 Å². The summed E-state index contributed by atoms with van der Waals surface area (Å²) in [5, 5.41) is 16.3. The maximum Gasteiger partial charge on any atom is 0.257 e. The van der Waals surface area contributed by atoms with E-state index in [0.717, 1.165) is 0 Å². The first-order valence-electron chi connectivity index (χ1n) is 10.3. The van der Waals surface area contributed by atoms with Gasteiger partial charge in [0.05, 0.1) is 11.3 Å². The van der Waals surface area contributed by atoms with Crippen LogP contribution >= 0.6 is 0 Å². The maximum absolute atomic E-state index is 13.1. The van der Waals surface area contributed by atoms with Gasteiger partial charge in [0.2, 0.25) is 5.91 Å². The van der Waals surface area contributed by atoms with Gasteiger partial charge in [0.15, 0.2) is 5.78 Å². The molecule has 0 aliphatic carbocycles. The van der Waals surface area contributed by atoms with Gasteiger partial charge >= 0.3 is 0 Å². The minimum Gasteiger partial charge on any atom is -0.380 e. The molecule has 0 radical (unpaired) electrons. The Balaban J connectivity index is 1.86. The fraction of sp³-hybridized carbons (Fsp3) is 0.192. The second kappa shape index (κ2) is 9.58. The normalized spacial score (nSPS) is 12.0. The summed E-state index contributed by atoms with van der Waals surface area (Å²) in [5.41, 5.74) is 0.985. The molecule has 3 N–H and O–H groups in total. The van der Waals surface area contributed by atoms with E-state index in [1.165, 1.54) is 0 Å². The highest BCUT2D eigenvalue weighted by molar-refractivity contribution is 6.11. The highest BCUT2D eigenvalue weighted by Crippen LogP contribution is 2.27. The number of hydrogen-bond acceptors (Lipinski definition) is 4. The van der Waals surface area contributed by atoms with Gasteiger partial charge in [-0.2, -0.15) is 0 Å². The van der Waals surface area contributed by atoms with Crippen molar-refractivity contribution < 1.29 is 19.5 Å². The van der Waals surface area contributed by atoms with Crippen LogP contribution < -0.4 is 10.6 Å². The molecular weight excluding hydrogens is 404 g/mol. The van der Waals surface area contributed by atoms with Gasteiger partial charge in [-0.3, -0.25) is 14.4 Å². The predicted molar refractivity (Wildman–Crippen MR) is 125 cm³/mol. The molecule has 0 heterocycles. The van der Waals surface area contributed by atoms with E-state index in [1.54, 1.807) is 99.6 Å². The van der Waals surface area contributed by atoms with Crippen LogP contribution in [0.3, 0.4) is 0 Å². The number of Topliss-reactive ketones (excluding diaryl/α,β-unsaturated/α-hetero) is 1. The van der Waals surface area contributed by atoms with Crippen molar-refractivity contribution in [2.75, 3.05) is 10.6 Å². The number of amides is 2. The molecule has 0 saturated carbocycles. The second-order valence-electron chi connectivity index (χ2n) is 8.42. The molecule has 6 nitrogen and oxygen atoms in total. The number of ketones is 1. The van der Waals surface area contributed by atoms with Crippen molar-refractivity contribution in [1.82, 2.24) is 0 Å². The fourth-order valence-electron chi connectivity index (χ4n) is 3.04. The molecule has 3 rings (SSSR count). The molecule has 164 valence electrons. The number of carbonyl (C=O) groups is 3. The van der Waals surface area contributed by atoms with Gasteiger partial charge in [-0.15, -0.1) is 0 Å². The third kappa shape index (κ3) is 5.28. The monoisotopic (exact) mass is 430 g/mol. The number of aliphatic hydroxyl groups is 1. The summed E-state index contributed by atoms with van der Waals surface area (Å²) in [4.78, 5) is 38.2. The Kier molecular flexibility index (Phi) is 6.85. The molecule has 32 heavy (non-hydrogen) atoms. The van der Waals surface area contributed by atoms with Crippen molar-refractivity contribution in [2.24, 2.45) is 5.41 Å². The number of para-hydroxylation sites is 2. The molecule has 0 spiro atoms. The van der Waals surface area contributed by atoms with E-state index in [2.05, 4.69) is 10.6 Å². The molecule has 0 aliphatic heterocycles. The van der Waals surface area contributed by atoms with E-state index < -0.39 is 23.2 Å². The summed E-state index contributed by atoms with van der Waals surface area (Å²) in [6, 6.07) is 21.7. The molecular formula is C26H26N2O4. The lowest BCUT2D eigenvalue weighted by Crippen LogP contribution is -2.29. The van der Waals surface area contributed by atoms with Crippen LogP contribution in [-0.4, -0.2) is 22.7 Å². The van der Waals surface area contributed by atoms with Gasteiger partial charge in [-0.1, -0.05) is 81.4 Å². The SMILES string of the molecule is CC(C)(C)C(=O)Nc1ccccc1C(=O)Nc1ccccc1C(O)C(=O)c1ccccc1. The first kappa shape index (κ1) is 22.9. The lowest BCUT2D eigenvalue weighted by Gasteiger charge is -2.20. The average Bonchev–Trinajstić information content (AvgIpc) is 2.78. The highest BCUT2D eigenvalue weighted by atomic mass is 16.3. The largest absolute Gasteiger partial charge is 0.380 e. The minimum absolute atomic E-state index is 0.220. The Labute approximate surface area is 187 Å². The van der Waals surface area contributed by atoms with Crippen molar-refractivity contribution in [1.29, 1.82) is 0 Å². The van der Waals surface area contributed by atoms with E-state index in [-0.39, 0.29) is 17.0 Å². The summed E-state index contributed by atoms with van der Waals surface area (Å²) in [6.45, 7) is 5.35. The van der Waals surface area contributed by atoms with Crippen LogP contribution in [0.1, 0.15) is 53.2 Å². The number of aliphatic hydroxyl groups excluding tert-OH is 1. The van der Waals surface area contributed by atoms with Gasteiger partial charge in [0.25, 0.3) is 5.91 Å². The Morgan fingerprint density at radius 3 is 1.97 bits per heavy atom. The molecule has 0 aliphatic rings. The third-order valence-electron chi connectivity index (χ3n) is 4.91. The van der Waals surface area contributed by atoms with E-state index in [9.17, 15) is 19.5 Å². The van der Waals surface area contributed by atoms with Crippen LogP contribution in [0.5, 0.6) is 0 Å². The highest BCUT2D eigenvalue weighted by Gasteiger charge is 2.25. The molecule has 2 amide bonds. The summed E-state index contributed by atoms with van der Waals surface area (Å²) in [6.07, 6.45) is -1.44. The zero-order valence-electron chi connectivity index (χ0n) is 18.3. The van der Waals surface area contributed by atoms with Crippen LogP contribution in [0.15, 0.2) is 78.9 Å². The third-order valence-corrected chi connectivity index (χ3v) is 4.91. The summed E-state index contributed by atoms with van der Waals surface area (Å²) < 4.78 is 0. The molecule has 3 aromatic rings. The van der Waals surface area contributed by atoms with Crippen LogP contribution in [0.2, 0.25) is 0 Å². The van der Waals surface area contributed by atoms with Gasteiger partial charge in [0, 0.05) is 22.2 Å². The van der Waals surface area contributed by atoms with Crippen molar-refractivity contribution >= 4 is 29.0 Å². The standard InChI is InChI=1S/C26H26N2O4/c1-26(2,3)25(32)28-21-16-10-8-14-19(21)24(31)27-20-15-9-7-13-18(20)23(30)22(29)17-11-5-4-6-12-17/h4-16,23,30H,1-3H3,(H,27,31)(H,28,32). The van der Waals surface area contributed by atoms with E-state index >= 15 is 0 Å². The summed E-state index contributed by atoms with van der Waals surface area (Å²) >= 11 is 0. The lowest BCUT2D eigenvalue weighted by atomic mass is 9.95. The molecule has 0 bridgehead atoms. The lowest BCUT2D eigenvalue weighted by molar-refractivity contribution is -0.123. The first-order valence-corrected chi connectivity index (χ1v) is 10.3. The van der Waals surface area contributed by atoms with Gasteiger partial charge in [-0.25, -0.2) is 0 Å². The number of hydrogen-bond donors (Lipinski definition) is 3. The quantitative estimate of drug-likeness (QED) is 0.488. The zero-order valence-corrected chi connectivity index (χ0v) is 18.3. The second-order valence-corrected chi connectivity index (χ2v) is 8.42. The minimum atomic E-state index is -1.44. The number of rotatable bonds is 6. The van der Waals surface area contributed by atoms with Gasteiger partial charge in [-0.05, 0) is 18.2 Å². The summed E-state index contributed by atoms with van der Waals surface area (Å²) in [5.74, 6) is -1.16. The van der Waals surface area contributed by atoms with Gasteiger partial charge in [0.1, 0.15) is 6.10 Å². The molecule has 0 fully saturated rings. The van der Waals surface area contributed by atoms with Crippen LogP contribution in [0.4, 0.5) is 11.4 Å². The number of nitrogens with one attached hydrogen (secondary N) is 2. The zero-order chi connectivity index (χ0) is 23.3. The van der Waals surface area contributed by atoms with Crippen LogP contribution in [0.25, 0.3) is 0 Å². The molecule has 1 atom stereocenters. The van der Waals surface area contributed by atoms with Crippen molar-refractivity contribution in [3.8, 4) is 0 Å². The van der Waals surface area contributed by atoms with E-state index in [0.29, 0.717) is 16.9 Å². The molecule has 0 aromatic heterocycles. The number of benzene rings is 3. The Bertz CT molecular complexity index is 1130. The van der Waals surface area contributed by atoms with E-state index in [4.69, 9.17) is 0 Å². The summed E-state index contributed by atoms with van der Waals surface area (Å²) in [7, 11) is 0. The molecule has 1 unspecified atom stereocenters. The molecule has 3 aromatic carbocycles. The maximum atomic E-state index is 13.1. The number of carbonyl (C=O) groups excluding carboxylic acids is 3. The smallest absolute Gasteiger partial charge is 0.257 e. The fourth-order valence-corrected chi connectivity index (χ4v) is 3.04. The van der Waals surface area contributed by atoms with E-state index in [1.807, 2.05) is 0 Å². The molecule has 0 saturated heterocycles. The first-order chi connectivity index (χ1) is 15.2. The van der Waals surface area contributed by atoms with Crippen molar-refractivity contribution in [3.05, 3.63) is 95.6 Å². The van der Waals surface area contributed by atoms with Gasteiger partial charge < -0.3 is 15.7 Å². The Hall–Kier alpha value is -3.77. The average molecular weight is 431 g/mol. The van der Waals surface area contributed by atoms with Crippen molar-refractivity contribution in [3.63, 3.8) is 0 Å².